The minimum absolute atomic E-state index is 0.0878. The number of hydrazone groups is 1. The van der Waals surface area contributed by atoms with Crippen LogP contribution in [0.3, 0.4) is 0 Å². The number of fused-ring (bicyclic) bond motifs is 1. The largest absolute Gasteiger partial charge is 0.471 e. The summed E-state index contributed by atoms with van der Waals surface area (Å²) in [6, 6.07) is 9.33. The van der Waals surface area contributed by atoms with E-state index in [2.05, 4.69) is 27.3 Å². The molecule has 37 heavy (non-hydrogen) atoms. The van der Waals surface area contributed by atoms with E-state index in [0.29, 0.717) is 52.5 Å². The molecular formula is C26H30ClN9O. The first-order valence-electron chi connectivity index (χ1n) is 12.1. The van der Waals surface area contributed by atoms with Crippen molar-refractivity contribution in [2.45, 2.75) is 52.7 Å². The zero-order valence-electron chi connectivity index (χ0n) is 21.4. The molecule has 0 aliphatic carbocycles. The predicted octanol–water partition coefficient (Wildman–Crippen LogP) is 4.49. The fourth-order valence-electron chi connectivity index (χ4n) is 4.06. The number of nitrogens with zero attached hydrogens (tertiary/aromatic N) is 8. The summed E-state index contributed by atoms with van der Waals surface area (Å²) in [6.07, 6.45) is 6.51. The molecule has 2 N–H and O–H groups in total. The first-order chi connectivity index (χ1) is 17.9. The Balaban J connectivity index is 0.00000186. The Morgan fingerprint density at radius 1 is 1.19 bits per heavy atom. The molecule has 4 rings (SSSR count). The van der Waals surface area contributed by atoms with Crippen molar-refractivity contribution in [1.29, 1.82) is 10.5 Å². The third-order valence-corrected chi connectivity index (χ3v) is 6.16. The summed E-state index contributed by atoms with van der Waals surface area (Å²) in [4.78, 5) is 15.1. The molecule has 0 spiro atoms. The van der Waals surface area contributed by atoms with Crippen LogP contribution < -0.4 is 10.6 Å². The van der Waals surface area contributed by atoms with E-state index < -0.39 is 0 Å². The lowest BCUT2D eigenvalue weighted by Gasteiger charge is -2.26. The number of ether oxygens (including phenoxy) is 1. The second-order valence-electron chi connectivity index (χ2n) is 8.22. The minimum atomic E-state index is -0.384. The number of rotatable bonds is 6. The number of likely N-dealkylation sites (tertiary alicyclic amines) is 1. The highest BCUT2D eigenvalue weighted by Gasteiger charge is 2.21. The van der Waals surface area contributed by atoms with Gasteiger partial charge in [0.15, 0.2) is 6.19 Å². The average Bonchev–Trinajstić information content (AvgIpc) is 3.34. The van der Waals surface area contributed by atoms with Crippen LogP contribution in [0.1, 0.15) is 63.5 Å². The quantitative estimate of drug-likeness (QED) is 0.166. The van der Waals surface area contributed by atoms with Crippen LogP contribution in [0.4, 0.5) is 0 Å². The van der Waals surface area contributed by atoms with Gasteiger partial charge in [0.2, 0.25) is 5.88 Å². The van der Waals surface area contributed by atoms with Crippen molar-refractivity contribution < 1.29 is 4.74 Å². The molecule has 1 unspecified atom stereocenters. The van der Waals surface area contributed by atoms with Gasteiger partial charge in [0.05, 0.1) is 18.0 Å². The van der Waals surface area contributed by atoms with Gasteiger partial charge < -0.3 is 15.5 Å². The molecule has 0 aromatic carbocycles. The van der Waals surface area contributed by atoms with Crippen LogP contribution in [-0.2, 0) is 0 Å². The van der Waals surface area contributed by atoms with Crippen LogP contribution in [0.5, 0.6) is 5.88 Å². The Morgan fingerprint density at radius 3 is 2.51 bits per heavy atom. The Morgan fingerprint density at radius 2 is 1.92 bits per heavy atom. The lowest BCUT2D eigenvalue weighted by molar-refractivity contribution is 0.214. The summed E-state index contributed by atoms with van der Waals surface area (Å²) >= 11 is 5.91. The number of imidazole rings is 1. The summed E-state index contributed by atoms with van der Waals surface area (Å²) < 4.78 is 7.90. The number of nitriles is 2. The summed E-state index contributed by atoms with van der Waals surface area (Å²) in [5.41, 5.74) is 3.53. The maximum absolute atomic E-state index is 9.58. The zero-order chi connectivity index (χ0) is 26.9. The van der Waals surface area contributed by atoms with Crippen LogP contribution in [-0.4, -0.2) is 49.8 Å². The van der Waals surface area contributed by atoms with Gasteiger partial charge in [0.1, 0.15) is 34.4 Å². The van der Waals surface area contributed by atoms with E-state index in [1.807, 2.05) is 33.8 Å². The molecule has 1 aliphatic heterocycles. The van der Waals surface area contributed by atoms with Crippen molar-refractivity contribution in [2.75, 3.05) is 13.1 Å². The number of aliphatic imine (C=N–C) groups is 1. The normalized spacial score (nSPS) is 15.4. The van der Waals surface area contributed by atoms with Crippen molar-refractivity contribution in [3.05, 3.63) is 58.6 Å². The summed E-state index contributed by atoms with van der Waals surface area (Å²) in [6.45, 7) is 9.10. The number of halogens is 1. The fraction of sp³-hybridized carbons (Fsp3) is 0.385. The number of hydrogen-bond acceptors (Lipinski definition) is 9. The monoisotopic (exact) mass is 519 g/mol. The predicted molar refractivity (Wildman–Crippen MR) is 144 cm³/mol. The van der Waals surface area contributed by atoms with Gasteiger partial charge in [0.25, 0.3) is 0 Å². The molecule has 0 bridgehead atoms. The number of aromatic nitrogens is 3. The molecule has 4 heterocycles. The molecule has 192 valence electrons. The molecule has 0 amide bonds. The Kier molecular flexibility index (Phi) is 9.42. The second kappa shape index (κ2) is 12.7. The van der Waals surface area contributed by atoms with E-state index in [1.165, 1.54) is 6.20 Å². The Labute approximate surface area is 221 Å². The molecule has 1 aliphatic rings. The standard InChI is InChI=1S/C24H24ClN9O.C2H6/c1-15(31-19-5-7-33(14-27)8-6-19)24(32-28)18-9-22-30-13-20(11-26)34(22)23(10-18)35-16(2)17-3-4-21(25)29-12-17;1-2/h3-4,9-10,12-13,16,19H,5-8,28H2,1-2H3;1-2H3/b31-15?,32-24+;. The van der Waals surface area contributed by atoms with Gasteiger partial charge in [-0.3, -0.25) is 9.39 Å². The molecule has 11 heteroatoms. The van der Waals surface area contributed by atoms with Gasteiger partial charge in [-0.15, -0.1) is 0 Å². The molecular weight excluding hydrogens is 490 g/mol. The Hall–Kier alpha value is -4.15. The van der Waals surface area contributed by atoms with Crippen molar-refractivity contribution in [1.82, 2.24) is 19.3 Å². The van der Waals surface area contributed by atoms with Crippen molar-refractivity contribution in [2.24, 2.45) is 15.9 Å². The van der Waals surface area contributed by atoms with Crippen molar-refractivity contribution in [3.8, 4) is 18.1 Å². The van der Waals surface area contributed by atoms with Crippen LogP contribution >= 0.6 is 11.6 Å². The van der Waals surface area contributed by atoms with E-state index in [0.717, 1.165) is 18.4 Å². The molecule has 10 nitrogen and oxygen atoms in total. The van der Waals surface area contributed by atoms with Crippen LogP contribution in [0.2, 0.25) is 5.15 Å². The van der Waals surface area contributed by atoms with E-state index >= 15 is 0 Å². The lowest BCUT2D eigenvalue weighted by Crippen LogP contribution is -2.32. The van der Waals surface area contributed by atoms with E-state index in [4.69, 9.17) is 32.4 Å². The number of piperidine rings is 1. The van der Waals surface area contributed by atoms with Crippen LogP contribution in [0.15, 0.2) is 46.8 Å². The highest BCUT2D eigenvalue weighted by atomic mass is 35.5. The van der Waals surface area contributed by atoms with E-state index in [9.17, 15) is 5.26 Å². The summed E-state index contributed by atoms with van der Waals surface area (Å²) in [5.74, 6) is 6.21. The van der Waals surface area contributed by atoms with Gasteiger partial charge in [-0.05, 0) is 38.8 Å². The zero-order valence-corrected chi connectivity index (χ0v) is 22.1. The summed E-state index contributed by atoms with van der Waals surface area (Å²) in [7, 11) is 0. The van der Waals surface area contributed by atoms with Crippen molar-refractivity contribution in [3.63, 3.8) is 0 Å². The fourth-order valence-corrected chi connectivity index (χ4v) is 4.18. The molecule has 1 fully saturated rings. The first kappa shape index (κ1) is 27.4. The van der Waals surface area contributed by atoms with E-state index in [-0.39, 0.29) is 12.1 Å². The molecule has 1 saturated heterocycles. The van der Waals surface area contributed by atoms with Crippen LogP contribution in [0.25, 0.3) is 5.65 Å². The third kappa shape index (κ3) is 6.35. The van der Waals surface area contributed by atoms with Gasteiger partial charge in [-0.25, -0.2) is 9.97 Å². The molecule has 1 atom stereocenters. The molecule has 0 radical (unpaired) electrons. The van der Waals surface area contributed by atoms with Gasteiger partial charge in [0, 0.05) is 36.5 Å². The van der Waals surface area contributed by atoms with E-state index in [1.54, 1.807) is 33.7 Å². The minimum Gasteiger partial charge on any atom is -0.471 e. The van der Waals surface area contributed by atoms with Crippen LogP contribution in [0, 0.1) is 22.8 Å². The highest BCUT2D eigenvalue weighted by Crippen LogP contribution is 2.27. The maximum Gasteiger partial charge on any atom is 0.201 e. The third-order valence-electron chi connectivity index (χ3n) is 5.93. The SMILES string of the molecule is CC.CC(=NC1CCN(C#N)CC1)/C(=N\N)c1cc(OC(C)c2ccc(Cl)nc2)n2c(C#N)cnc2c1. The highest BCUT2D eigenvalue weighted by molar-refractivity contribution is 6.47. The topological polar surface area (TPSA) is 141 Å². The first-order valence-corrected chi connectivity index (χ1v) is 12.5. The number of nitrogens with two attached hydrogens (primary N) is 1. The lowest BCUT2D eigenvalue weighted by atomic mass is 10.0. The number of pyridine rings is 2. The van der Waals surface area contributed by atoms with Crippen molar-refractivity contribution >= 4 is 28.7 Å². The maximum atomic E-state index is 9.58. The molecule has 0 saturated carbocycles. The number of hydrogen-bond donors (Lipinski definition) is 1. The van der Waals surface area contributed by atoms with Gasteiger partial charge >= 0.3 is 0 Å². The smallest absolute Gasteiger partial charge is 0.201 e. The molecule has 3 aromatic rings. The van der Waals surface area contributed by atoms with Gasteiger partial charge in [-0.2, -0.15) is 15.6 Å². The Bertz CT molecular complexity index is 1360. The molecule has 3 aromatic heterocycles. The van der Waals surface area contributed by atoms with Gasteiger partial charge in [-0.1, -0.05) is 31.5 Å². The second-order valence-corrected chi connectivity index (χ2v) is 8.60. The summed E-state index contributed by atoms with van der Waals surface area (Å²) in [5, 5.41) is 23.1. The average molecular weight is 520 g/mol.